The molecule has 2 aliphatic heterocycles. The van der Waals surface area contributed by atoms with Crippen LogP contribution in [-0.2, 0) is 9.47 Å². The van der Waals surface area contributed by atoms with Gasteiger partial charge in [-0.15, -0.1) is 12.3 Å². The highest BCUT2D eigenvalue weighted by Gasteiger charge is 2.20. The average molecular weight is 326 g/mol. The van der Waals surface area contributed by atoms with Crippen LogP contribution in [0.1, 0.15) is 31.2 Å². The maximum Gasteiger partial charge on any atom is 0.199 e. The lowest BCUT2D eigenvalue weighted by atomic mass is 9.88. The van der Waals surface area contributed by atoms with E-state index in [9.17, 15) is 0 Å². The van der Waals surface area contributed by atoms with Gasteiger partial charge in [0, 0.05) is 18.9 Å². The van der Waals surface area contributed by atoms with Crippen LogP contribution in [0, 0.1) is 11.8 Å². The van der Waals surface area contributed by atoms with E-state index in [1.807, 2.05) is 36.4 Å². The second kappa shape index (κ2) is 8.89. The predicted octanol–water partition coefficient (Wildman–Crippen LogP) is 4.60. The summed E-state index contributed by atoms with van der Waals surface area (Å²) in [6.07, 6.45) is 10.4. The van der Waals surface area contributed by atoms with Crippen molar-refractivity contribution in [1.82, 2.24) is 0 Å². The van der Waals surface area contributed by atoms with Gasteiger partial charge in [-0.05, 0) is 55.0 Å². The first-order valence-corrected chi connectivity index (χ1v) is 8.86. The topological polar surface area (TPSA) is 27.7 Å². The van der Waals surface area contributed by atoms with Crippen molar-refractivity contribution >= 4 is 6.08 Å². The summed E-state index contributed by atoms with van der Waals surface area (Å²) in [5, 5.41) is 0. The van der Waals surface area contributed by atoms with Gasteiger partial charge in [0.05, 0.1) is 13.2 Å². The van der Waals surface area contributed by atoms with Crippen LogP contribution in [0.5, 0.6) is 5.75 Å². The molecule has 1 aromatic carbocycles. The first-order chi connectivity index (χ1) is 11.8. The molecule has 128 valence electrons. The van der Waals surface area contributed by atoms with Gasteiger partial charge in [-0.2, -0.15) is 0 Å². The molecule has 2 fully saturated rings. The Morgan fingerprint density at radius 2 is 1.96 bits per heavy atom. The highest BCUT2D eigenvalue weighted by Crippen LogP contribution is 2.24. The molecule has 3 unspecified atom stereocenters. The molecule has 2 aliphatic rings. The smallest absolute Gasteiger partial charge is 0.199 e. The maximum atomic E-state index is 5.85. The molecule has 3 nitrogen and oxygen atoms in total. The Balaban J connectivity index is 1.56. The summed E-state index contributed by atoms with van der Waals surface area (Å²) in [6.45, 7) is 6.31. The van der Waals surface area contributed by atoms with Crippen LogP contribution in [0.3, 0.4) is 0 Å². The third-order valence-corrected chi connectivity index (χ3v) is 4.60. The van der Waals surface area contributed by atoms with E-state index in [0.717, 1.165) is 50.4 Å². The fourth-order valence-electron chi connectivity index (χ4n) is 3.11. The Hall–Kier alpha value is -1.80. The Morgan fingerprint density at radius 1 is 1.08 bits per heavy atom. The standard InChI is InChI=1S/C21H26O3/c1-2-18-13-15-22-16-19(18)7-5-6-17-9-11-20(12-10-17)24-21-8-3-4-14-23-21/h2,6-7,9-12,18-19,21H,1,3-4,8,13-16H2. The van der Waals surface area contributed by atoms with Gasteiger partial charge >= 0.3 is 0 Å². The summed E-state index contributed by atoms with van der Waals surface area (Å²) < 4.78 is 17.0. The normalized spacial score (nSPS) is 26.9. The van der Waals surface area contributed by atoms with Crippen LogP contribution in [0.25, 0.3) is 6.08 Å². The van der Waals surface area contributed by atoms with Crippen LogP contribution in [0.15, 0.2) is 48.7 Å². The van der Waals surface area contributed by atoms with Crippen molar-refractivity contribution in [3.63, 3.8) is 0 Å². The monoisotopic (exact) mass is 326 g/mol. The summed E-state index contributed by atoms with van der Waals surface area (Å²) in [6, 6.07) is 8.06. The van der Waals surface area contributed by atoms with Crippen molar-refractivity contribution < 1.29 is 14.2 Å². The van der Waals surface area contributed by atoms with Crippen LogP contribution < -0.4 is 4.74 Å². The van der Waals surface area contributed by atoms with Crippen LogP contribution in [0.2, 0.25) is 0 Å². The number of hydrogen-bond acceptors (Lipinski definition) is 3. The number of hydrogen-bond donors (Lipinski definition) is 0. The lowest BCUT2D eigenvalue weighted by Gasteiger charge is -2.26. The molecule has 0 radical (unpaired) electrons. The fraction of sp³-hybridized carbons (Fsp3) is 0.476. The molecule has 0 aromatic heterocycles. The SMILES string of the molecule is C=CC1CCOCC1C=C=Cc1ccc(OC2CCCCO2)cc1. The van der Waals surface area contributed by atoms with Crippen molar-refractivity contribution in [2.45, 2.75) is 32.0 Å². The lowest BCUT2D eigenvalue weighted by molar-refractivity contribution is -0.105. The molecule has 0 saturated carbocycles. The van der Waals surface area contributed by atoms with Crippen molar-refractivity contribution in [2.24, 2.45) is 11.8 Å². The second-order valence-corrected chi connectivity index (χ2v) is 6.39. The Labute approximate surface area is 144 Å². The molecule has 0 spiro atoms. The minimum atomic E-state index is -0.0952. The molecule has 2 heterocycles. The molecule has 0 aliphatic carbocycles. The average Bonchev–Trinajstić information content (AvgIpc) is 2.64. The number of ether oxygens (including phenoxy) is 3. The Morgan fingerprint density at radius 3 is 2.71 bits per heavy atom. The van der Waals surface area contributed by atoms with Gasteiger partial charge < -0.3 is 14.2 Å². The molecule has 3 atom stereocenters. The van der Waals surface area contributed by atoms with Gasteiger partial charge in [0.15, 0.2) is 6.29 Å². The Kier molecular flexibility index (Phi) is 6.31. The molecule has 1 aromatic rings. The van der Waals surface area contributed by atoms with E-state index in [4.69, 9.17) is 14.2 Å². The van der Waals surface area contributed by atoms with Gasteiger partial charge in [0.25, 0.3) is 0 Å². The third-order valence-electron chi connectivity index (χ3n) is 4.60. The predicted molar refractivity (Wildman–Crippen MR) is 95.8 cm³/mol. The van der Waals surface area contributed by atoms with E-state index in [0.29, 0.717) is 11.8 Å². The highest BCUT2D eigenvalue weighted by molar-refractivity contribution is 5.50. The van der Waals surface area contributed by atoms with E-state index in [2.05, 4.69) is 18.4 Å². The first-order valence-electron chi connectivity index (χ1n) is 8.86. The summed E-state index contributed by atoms with van der Waals surface area (Å²) in [7, 11) is 0. The van der Waals surface area contributed by atoms with E-state index in [1.54, 1.807) is 0 Å². The van der Waals surface area contributed by atoms with Crippen molar-refractivity contribution in [3.05, 3.63) is 54.3 Å². The fourth-order valence-corrected chi connectivity index (χ4v) is 3.11. The Bertz CT molecular complexity index is 578. The third kappa shape index (κ3) is 4.85. The molecule has 0 amide bonds. The largest absolute Gasteiger partial charge is 0.465 e. The highest BCUT2D eigenvalue weighted by atomic mass is 16.7. The van der Waals surface area contributed by atoms with Gasteiger partial charge in [0.1, 0.15) is 5.75 Å². The number of benzene rings is 1. The van der Waals surface area contributed by atoms with Gasteiger partial charge in [-0.3, -0.25) is 0 Å². The van der Waals surface area contributed by atoms with Crippen molar-refractivity contribution in [2.75, 3.05) is 19.8 Å². The lowest BCUT2D eigenvalue weighted by Crippen LogP contribution is -2.24. The minimum Gasteiger partial charge on any atom is -0.465 e. The molecular formula is C21H26O3. The van der Waals surface area contributed by atoms with E-state index < -0.39 is 0 Å². The van der Waals surface area contributed by atoms with Crippen LogP contribution in [0.4, 0.5) is 0 Å². The van der Waals surface area contributed by atoms with Gasteiger partial charge in [0.2, 0.25) is 0 Å². The zero-order valence-electron chi connectivity index (χ0n) is 14.2. The van der Waals surface area contributed by atoms with Crippen molar-refractivity contribution in [3.8, 4) is 5.75 Å². The van der Waals surface area contributed by atoms with Gasteiger partial charge in [-0.25, -0.2) is 0 Å². The second-order valence-electron chi connectivity index (χ2n) is 6.39. The van der Waals surface area contributed by atoms with Crippen molar-refractivity contribution in [1.29, 1.82) is 0 Å². The van der Waals surface area contributed by atoms with Crippen LogP contribution in [-0.4, -0.2) is 26.1 Å². The van der Waals surface area contributed by atoms with E-state index in [-0.39, 0.29) is 6.29 Å². The van der Waals surface area contributed by atoms with Crippen LogP contribution >= 0.6 is 0 Å². The zero-order valence-corrected chi connectivity index (χ0v) is 14.2. The molecule has 0 N–H and O–H groups in total. The zero-order chi connectivity index (χ0) is 16.6. The molecule has 3 heteroatoms. The quantitative estimate of drug-likeness (QED) is 0.585. The minimum absolute atomic E-state index is 0.0952. The maximum absolute atomic E-state index is 5.85. The first kappa shape index (κ1) is 17.0. The number of rotatable bonds is 5. The number of allylic oxidation sites excluding steroid dienone is 1. The summed E-state index contributed by atoms with van der Waals surface area (Å²) in [5.41, 5.74) is 4.40. The molecule has 3 rings (SSSR count). The van der Waals surface area contributed by atoms with E-state index >= 15 is 0 Å². The molecule has 0 bridgehead atoms. The molecule has 2 saturated heterocycles. The summed E-state index contributed by atoms with van der Waals surface area (Å²) in [5.74, 6) is 1.72. The molecular weight excluding hydrogens is 300 g/mol. The van der Waals surface area contributed by atoms with E-state index in [1.165, 1.54) is 6.42 Å². The summed E-state index contributed by atoms with van der Waals surface area (Å²) >= 11 is 0. The summed E-state index contributed by atoms with van der Waals surface area (Å²) in [4.78, 5) is 0. The molecule has 24 heavy (non-hydrogen) atoms. The van der Waals surface area contributed by atoms with Gasteiger partial charge in [-0.1, -0.05) is 18.2 Å².